The van der Waals surface area contributed by atoms with Gasteiger partial charge in [-0.25, -0.2) is 5.48 Å². The molecule has 0 atom stereocenters. The molecule has 2 rings (SSSR count). The van der Waals surface area contributed by atoms with Gasteiger partial charge in [0.25, 0.3) is 5.91 Å². The highest BCUT2D eigenvalue weighted by molar-refractivity contribution is 5.97. The van der Waals surface area contributed by atoms with Gasteiger partial charge in [-0.2, -0.15) is 0 Å². The summed E-state index contributed by atoms with van der Waals surface area (Å²) in [7, 11) is 1.56. The van der Waals surface area contributed by atoms with Crippen LogP contribution in [0.2, 0.25) is 0 Å². The van der Waals surface area contributed by atoms with Crippen LogP contribution in [-0.2, 0) is 20.8 Å². The van der Waals surface area contributed by atoms with Crippen LogP contribution in [0.1, 0.15) is 22.3 Å². The molecule has 0 saturated heterocycles. The zero-order valence-corrected chi connectivity index (χ0v) is 10.7. The largest absolute Gasteiger partial charge is 0.382 e. The van der Waals surface area contributed by atoms with Crippen LogP contribution in [0, 0.1) is 0 Å². The average Bonchev–Trinajstić information content (AvgIpc) is 2.42. The van der Waals surface area contributed by atoms with E-state index in [1.54, 1.807) is 25.3 Å². The van der Waals surface area contributed by atoms with E-state index in [0.29, 0.717) is 31.6 Å². The Morgan fingerprint density at radius 2 is 2.21 bits per heavy atom. The average molecular weight is 264 g/mol. The van der Waals surface area contributed by atoms with Crippen LogP contribution < -0.4 is 10.8 Å². The van der Waals surface area contributed by atoms with Crippen molar-refractivity contribution in [3.05, 3.63) is 29.3 Å². The summed E-state index contributed by atoms with van der Waals surface area (Å²) in [4.78, 5) is 28.0. The Morgan fingerprint density at radius 3 is 3.00 bits per heavy atom. The fourth-order valence-corrected chi connectivity index (χ4v) is 1.83. The number of carbonyl (C=O) groups excluding carboxylic acids is 2. The molecule has 0 aromatic heterocycles. The zero-order chi connectivity index (χ0) is 13.7. The third-order valence-corrected chi connectivity index (χ3v) is 2.82. The molecular formula is C13H16N2O4. The summed E-state index contributed by atoms with van der Waals surface area (Å²) in [6.45, 7) is 0.708. The van der Waals surface area contributed by atoms with Gasteiger partial charge < -0.3 is 10.1 Å². The number of anilines is 1. The van der Waals surface area contributed by atoms with Gasteiger partial charge in [-0.15, -0.1) is 0 Å². The Balaban J connectivity index is 1.97. The number of fused-ring (bicyclic) bond motifs is 1. The number of aryl methyl sites for hydroxylation is 1. The van der Waals surface area contributed by atoms with Crippen molar-refractivity contribution in [2.75, 3.05) is 25.6 Å². The van der Waals surface area contributed by atoms with E-state index < -0.39 is 0 Å². The second-order valence-electron chi connectivity index (χ2n) is 4.19. The first-order valence-corrected chi connectivity index (χ1v) is 6.04. The van der Waals surface area contributed by atoms with Crippen molar-refractivity contribution >= 4 is 17.5 Å². The Labute approximate surface area is 111 Å². The fourth-order valence-electron chi connectivity index (χ4n) is 1.83. The molecule has 0 bridgehead atoms. The first kappa shape index (κ1) is 13.5. The molecule has 1 aromatic carbocycles. The molecule has 6 nitrogen and oxygen atoms in total. The highest BCUT2D eigenvalue weighted by Gasteiger charge is 2.16. The third-order valence-electron chi connectivity index (χ3n) is 2.82. The summed E-state index contributed by atoms with van der Waals surface area (Å²) >= 11 is 0. The minimum atomic E-state index is -0.309. The van der Waals surface area contributed by atoms with Crippen LogP contribution in [0.15, 0.2) is 18.2 Å². The molecule has 2 amide bonds. The number of carbonyl (C=O) groups is 2. The molecule has 1 aliphatic heterocycles. The smallest absolute Gasteiger partial charge is 0.274 e. The predicted molar refractivity (Wildman–Crippen MR) is 68.7 cm³/mol. The van der Waals surface area contributed by atoms with E-state index >= 15 is 0 Å². The lowest BCUT2D eigenvalue weighted by Gasteiger charge is -2.17. The van der Waals surface area contributed by atoms with Crippen molar-refractivity contribution < 1.29 is 19.2 Å². The normalized spacial score (nSPS) is 13.6. The standard InChI is InChI=1S/C13H16N2O4/c1-18-6-7-19-15-13(17)10-2-4-11-9(8-10)3-5-12(16)14-11/h2,4,8H,3,5-7H2,1H3,(H,14,16)(H,15,17). The molecule has 19 heavy (non-hydrogen) atoms. The number of ether oxygens (including phenoxy) is 1. The predicted octanol–water partition coefficient (Wildman–Crippen LogP) is 0.879. The Kier molecular flexibility index (Phi) is 4.48. The van der Waals surface area contributed by atoms with Gasteiger partial charge >= 0.3 is 0 Å². The van der Waals surface area contributed by atoms with Crippen molar-refractivity contribution in [1.29, 1.82) is 0 Å². The molecule has 0 unspecified atom stereocenters. The summed E-state index contributed by atoms with van der Waals surface area (Å²) in [5, 5.41) is 2.77. The minimum Gasteiger partial charge on any atom is -0.382 e. The zero-order valence-electron chi connectivity index (χ0n) is 10.7. The van der Waals surface area contributed by atoms with E-state index in [1.165, 1.54) is 0 Å². The molecule has 0 aliphatic carbocycles. The summed E-state index contributed by atoms with van der Waals surface area (Å²) in [6.07, 6.45) is 1.09. The van der Waals surface area contributed by atoms with Crippen LogP contribution >= 0.6 is 0 Å². The maximum absolute atomic E-state index is 11.8. The van der Waals surface area contributed by atoms with Gasteiger partial charge in [0.1, 0.15) is 0 Å². The summed E-state index contributed by atoms with van der Waals surface area (Å²) in [5.74, 6) is -0.302. The molecule has 1 aliphatic rings. The van der Waals surface area contributed by atoms with E-state index in [2.05, 4.69) is 10.8 Å². The van der Waals surface area contributed by atoms with Crippen LogP contribution in [0.5, 0.6) is 0 Å². The number of hydroxylamine groups is 1. The molecule has 0 saturated carbocycles. The lowest BCUT2D eigenvalue weighted by atomic mass is 10.0. The fraction of sp³-hybridized carbons (Fsp3) is 0.385. The topological polar surface area (TPSA) is 76.7 Å². The number of benzene rings is 1. The van der Waals surface area contributed by atoms with Crippen LogP contribution in [0.25, 0.3) is 0 Å². The van der Waals surface area contributed by atoms with Gasteiger partial charge in [0, 0.05) is 24.8 Å². The van der Waals surface area contributed by atoms with E-state index in [1.807, 2.05) is 0 Å². The van der Waals surface area contributed by atoms with Gasteiger partial charge in [-0.05, 0) is 30.2 Å². The molecule has 102 valence electrons. The van der Waals surface area contributed by atoms with Crippen molar-refractivity contribution in [3.8, 4) is 0 Å². The number of rotatable bonds is 5. The molecule has 1 heterocycles. The van der Waals surface area contributed by atoms with Crippen LogP contribution in [0.4, 0.5) is 5.69 Å². The molecular weight excluding hydrogens is 248 g/mol. The second kappa shape index (κ2) is 6.31. The highest BCUT2D eigenvalue weighted by Crippen LogP contribution is 2.23. The summed E-state index contributed by atoms with van der Waals surface area (Å²) < 4.78 is 4.80. The monoisotopic (exact) mass is 264 g/mol. The van der Waals surface area contributed by atoms with Gasteiger partial charge in [0.2, 0.25) is 5.91 Å². The van der Waals surface area contributed by atoms with Gasteiger partial charge in [-0.3, -0.25) is 14.4 Å². The van der Waals surface area contributed by atoms with E-state index in [-0.39, 0.29) is 11.8 Å². The number of methoxy groups -OCH3 is 1. The first-order valence-electron chi connectivity index (χ1n) is 6.04. The van der Waals surface area contributed by atoms with Crippen molar-refractivity contribution in [2.24, 2.45) is 0 Å². The molecule has 1 aromatic rings. The van der Waals surface area contributed by atoms with Gasteiger partial charge in [0.05, 0.1) is 13.2 Å². The van der Waals surface area contributed by atoms with Gasteiger partial charge in [-0.1, -0.05) is 0 Å². The minimum absolute atomic E-state index is 0.00704. The van der Waals surface area contributed by atoms with E-state index in [9.17, 15) is 9.59 Å². The maximum atomic E-state index is 11.8. The molecule has 6 heteroatoms. The molecule has 2 N–H and O–H groups in total. The lowest BCUT2D eigenvalue weighted by molar-refractivity contribution is -0.116. The van der Waals surface area contributed by atoms with Crippen molar-refractivity contribution in [2.45, 2.75) is 12.8 Å². The van der Waals surface area contributed by atoms with Gasteiger partial charge in [0.15, 0.2) is 0 Å². The van der Waals surface area contributed by atoms with E-state index in [4.69, 9.17) is 9.57 Å². The number of amides is 2. The molecule has 0 spiro atoms. The maximum Gasteiger partial charge on any atom is 0.274 e. The second-order valence-corrected chi connectivity index (χ2v) is 4.19. The third kappa shape index (κ3) is 3.52. The SMILES string of the molecule is COCCONC(=O)c1ccc2c(c1)CCC(=O)N2. The highest BCUT2D eigenvalue weighted by atomic mass is 16.7. The summed E-state index contributed by atoms with van der Waals surface area (Å²) in [6, 6.07) is 5.15. The van der Waals surface area contributed by atoms with Crippen molar-refractivity contribution in [1.82, 2.24) is 5.48 Å². The molecule has 0 fully saturated rings. The van der Waals surface area contributed by atoms with E-state index in [0.717, 1.165) is 11.3 Å². The number of nitrogens with one attached hydrogen (secondary N) is 2. The lowest BCUT2D eigenvalue weighted by Crippen LogP contribution is -2.26. The number of hydrogen-bond acceptors (Lipinski definition) is 4. The first-order chi connectivity index (χ1) is 9.20. The summed E-state index contributed by atoms with van der Waals surface area (Å²) in [5.41, 5.74) is 4.58. The quantitative estimate of drug-likeness (QED) is 0.611. The Bertz CT molecular complexity index is 488. The Morgan fingerprint density at radius 1 is 1.37 bits per heavy atom. The Hall–Kier alpha value is -1.92. The van der Waals surface area contributed by atoms with Crippen molar-refractivity contribution in [3.63, 3.8) is 0 Å². The molecule has 0 radical (unpaired) electrons. The van der Waals surface area contributed by atoms with Crippen LogP contribution in [-0.4, -0.2) is 32.1 Å². The number of hydrogen-bond donors (Lipinski definition) is 2. The van der Waals surface area contributed by atoms with Crippen LogP contribution in [0.3, 0.4) is 0 Å².